The standard InChI is InChI=1S/C18H22N4O/c1-2-3-9-18(20-21-18)10-4-17(23)22-13-7-16(8-14-22)15-5-11-19-12-6-15/h1,5-6,11-12,16H,3-4,7-10,13-14H2. The molecule has 2 aliphatic heterocycles. The summed E-state index contributed by atoms with van der Waals surface area (Å²) in [6.07, 6.45) is 13.6. The molecule has 1 fully saturated rings. The highest BCUT2D eigenvalue weighted by Gasteiger charge is 2.39. The van der Waals surface area contributed by atoms with Gasteiger partial charge in [0.05, 0.1) is 0 Å². The van der Waals surface area contributed by atoms with Crippen molar-refractivity contribution in [2.75, 3.05) is 13.1 Å². The number of pyridine rings is 1. The summed E-state index contributed by atoms with van der Waals surface area (Å²) in [5, 5.41) is 8.19. The normalized spacial score (nSPS) is 19.3. The lowest BCUT2D eigenvalue weighted by Gasteiger charge is -2.32. The van der Waals surface area contributed by atoms with Gasteiger partial charge in [-0.1, -0.05) is 0 Å². The number of hydrogen-bond donors (Lipinski definition) is 0. The highest BCUT2D eigenvalue weighted by Crippen LogP contribution is 2.38. The van der Waals surface area contributed by atoms with Crippen molar-refractivity contribution in [3.8, 4) is 12.3 Å². The van der Waals surface area contributed by atoms with Gasteiger partial charge < -0.3 is 4.90 Å². The van der Waals surface area contributed by atoms with Gasteiger partial charge in [-0.25, -0.2) is 0 Å². The predicted octanol–water partition coefficient (Wildman–Crippen LogP) is 3.14. The molecule has 2 aliphatic rings. The number of rotatable bonds is 6. The van der Waals surface area contributed by atoms with Crippen LogP contribution in [0, 0.1) is 12.3 Å². The highest BCUT2D eigenvalue weighted by molar-refractivity contribution is 5.76. The van der Waals surface area contributed by atoms with Crippen LogP contribution in [0.25, 0.3) is 0 Å². The van der Waals surface area contributed by atoms with Gasteiger partial charge in [-0.2, -0.15) is 10.2 Å². The van der Waals surface area contributed by atoms with Crippen LogP contribution in [0.2, 0.25) is 0 Å². The van der Waals surface area contributed by atoms with E-state index in [-0.39, 0.29) is 11.6 Å². The van der Waals surface area contributed by atoms with E-state index in [4.69, 9.17) is 6.42 Å². The molecule has 23 heavy (non-hydrogen) atoms. The first kappa shape index (κ1) is 15.7. The minimum atomic E-state index is -0.350. The van der Waals surface area contributed by atoms with Gasteiger partial charge in [0.15, 0.2) is 5.66 Å². The number of carbonyl (C=O) groups is 1. The first-order chi connectivity index (χ1) is 11.2. The molecule has 0 spiro atoms. The van der Waals surface area contributed by atoms with Gasteiger partial charge in [-0.05, 0) is 36.5 Å². The zero-order chi connectivity index (χ0) is 16.1. The molecule has 3 rings (SSSR count). The van der Waals surface area contributed by atoms with Crippen LogP contribution in [0.3, 0.4) is 0 Å². The molecule has 0 atom stereocenters. The minimum absolute atomic E-state index is 0.218. The fourth-order valence-corrected chi connectivity index (χ4v) is 3.23. The first-order valence-corrected chi connectivity index (χ1v) is 8.28. The number of hydrogen-bond acceptors (Lipinski definition) is 4. The van der Waals surface area contributed by atoms with Crippen molar-refractivity contribution in [1.29, 1.82) is 0 Å². The number of carbonyl (C=O) groups excluding carboxylic acids is 1. The fraction of sp³-hybridized carbons (Fsp3) is 0.556. The van der Waals surface area contributed by atoms with Gasteiger partial charge in [0.1, 0.15) is 0 Å². The average Bonchev–Trinajstić information content (AvgIpc) is 3.39. The van der Waals surface area contributed by atoms with Crippen molar-refractivity contribution in [2.45, 2.75) is 50.1 Å². The van der Waals surface area contributed by atoms with Crippen molar-refractivity contribution in [2.24, 2.45) is 10.2 Å². The van der Waals surface area contributed by atoms with Crippen LogP contribution in [-0.4, -0.2) is 34.5 Å². The number of piperidine rings is 1. The Bertz CT molecular complexity index is 606. The van der Waals surface area contributed by atoms with Crippen molar-refractivity contribution < 1.29 is 4.79 Å². The Morgan fingerprint density at radius 1 is 1.26 bits per heavy atom. The second-order valence-electron chi connectivity index (χ2n) is 6.32. The molecule has 0 saturated carbocycles. The lowest BCUT2D eigenvalue weighted by atomic mass is 9.90. The van der Waals surface area contributed by atoms with Crippen LogP contribution in [0.4, 0.5) is 0 Å². The van der Waals surface area contributed by atoms with Crippen LogP contribution in [0.5, 0.6) is 0 Å². The molecular weight excluding hydrogens is 288 g/mol. The lowest BCUT2D eigenvalue weighted by Crippen LogP contribution is -2.38. The monoisotopic (exact) mass is 310 g/mol. The molecule has 0 N–H and O–H groups in total. The number of amides is 1. The molecule has 120 valence electrons. The summed E-state index contributed by atoms with van der Waals surface area (Å²) >= 11 is 0. The predicted molar refractivity (Wildman–Crippen MR) is 87.7 cm³/mol. The summed E-state index contributed by atoms with van der Waals surface area (Å²) in [5.41, 5.74) is 0.980. The minimum Gasteiger partial charge on any atom is -0.343 e. The maximum absolute atomic E-state index is 12.4. The second kappa shape index (κ2) is 6.91. The Morgan fingerprint density at radius 3 is 2.57 bits per heavy atom. The van der Waals surface area contributed by atoms with Crippen molar-refractivity contribution in [3.05, 3.63) is 30.1 Å². The van der Waals surface area contributed by atoms with E-state index in [1.165, 1.54) is 5.56 Å². The molecule has 0 radical (unpaired) electrons. The van der Waals surface area contributed by atoms with Crippen molar-refractivity contribution in [1.82, 2.24) is 9.88 Å². The van der Waals surface area contributed by atoms with Crippen LogP contribution < -0.4 is 0 Å². The summed E-state index contributed by atoms with van der Waals surface area (Å²) in [6.45, 7) is 1.66. The molecule has 1 saturated heterocycles. The maximum atomic E-state index is 12.4. The Labute approximate surface area is 137 Å². The summed E-state index contributed by atoms with van der Waals surface area (Å²) in [7, 11) is 0. The second-order valence-corrected chi connectivity index (χ2v) is 6.32. The summed E-state index contributed by atoms with van der Waals surface area (Å²) < 4.78 is 0. The highest BCUT2D eigenvalue weighted by atomic mass is 16.2. The molecule has 0 aromatic carbocycles. The first-order valence-electron chi connectivity index (χ1n) is 8.28. The molecule has 1 aromatic rings. The molecule has 1 aromatic heterocycles. The van der Waals surface area contributed by atoms with E-state index >= 15 is 0 Å². The molecular formula is C18H22N4O. The van der Waals surface area contributed by atoms with Gasteiger partial charge in [0, 0.05) is 51.2 Å². The van der Waals surface area contributed by atoms with E-state index in [0.717, 1.165) is 32.4 Å². The molecule has 5 nitrogen and oxygen atoms in total. The van der Waals surface area contributed by atoms with Gasteiger partial charge in [0.25, 0.3) is 0 Å². The summed E-state index contributed by atoms with van der Waals surface area (Å²) in [4.78, 5) is 18.4. The molecule has 0 aliphatic carbocycles. The van der Waals surface area contributed by atoms with Crippen LogP contribution in [-0.2, 0) is 4.79 Å². The summed E-state index contributed by atoms with van der Waals surface area (Å²) in [5.74, 6) is 3.37. The Hall–Kier alpha value is -2.22. The number of likely N-dealkylation sites (tertiary alicyclic amines) is 1. The Kier molecular flexibility index (Phi) is 4.71. The van der Waals surface area contributed by atoms with E-state index in [1.54, 1.807) is 0 Å². The third-order valence-electron chi connectivity index (χ3n) is 4.82. The zero-order valence-electron chi connectivity index (χ0n) is 13.3. The molecule has 0 unspecified atom stereocenters. The lowest BCUT2D eigenvalue weighted by molar-refractivity contribution is -0.132. The van der Waals surface area contributed by atoms with Gasteiger partial charge >= 0.3 is 0 Å². The third-order valence-corrected chi connectivity index (χ3v) is 4.82. The molecule has 3 heterocycles. The maximum Gasteiger partial charge on any atom is 0.222 e. The largest absolute Gasteiger partial charge is 0.343 e. The van der Waals surface area contributed by atoms with E-state index in [1.807, 2.05) is 17.3 Å². The fourth-order valence-electron chi connectivity index (χ4n) is 3.23. The van der Waals surface area contributed by atoms with E-state index in [9.17, 15) is 4.79 Å². The van der Waals surface area contributed by atoms with Gasteiger partial charge in [0.2, 0.25) is 5.91 Å². The summed E-state index contributed by atoms with van der Waals surface area (Å²) in [6, 6.07) is 4.15. The van der Waals surface area contributed by atoms with Crippen LogP contribution in [0.1, 0.15) is 50.0 Å². The average molecular weight is 310 g/mol. The van der Waals surface area contributed by atoms with E-state index in [2.05, 4.69) is 33.3 Å². The SMILES string of the molecule is C#CCCC1(CCC(=O)N2CCC(c3ccncc3)CC2)N=N1. The van der Waals surface area contributed by atoms with Crippen molar-refractivity contribution in [3.63, 3.8) is 0 Å². The quantitative estimate of drug-likeness (QED) is 0.758. The third kappa shape index (κ3) is 3.95. The number of terminal acetylenes is 1. The Morgan fingerprint density at radius 2 is 1.96 bits per heavy atom. The molecule has 1 amide bonds. The number of aromatic nitrogens is 1. The van der Waals surface area contributed by atoms with E-state index in [0.29, 0.717) is 25.2 Å². The van der Waals surface area contributed by atoms with Crippen LogP contribution in [0.15, 0.2) is 34.8 Å². The van der Waals surface area contributed by atoms with E-state index < -0.39 is 0 Å². The molecule has 5 heteroatoms. The van der Waals surface area contributed by atoms with Gasteiger partial charge in [-0.15, -0.1) is 12.3 Å². The van der Waals surface area contributed by atoms with Gasteiger partial charge in [-0.3, -0.25) is 9.78 Å². The number of nitrogens with zero attached hydrogens (tertiary/aromatic N) is 4. The Balaban J connectivity index is 1.43. The molecule has 0 bridgehead atoms. The smallest absolute Gasteiger partial charge is 0.222 e. The topological polar surface area (TPSA) is 57.9 Å². The zero-order valence-corrected chi connectivity index (χ0v) is 13.3. The van der Waals surface area contributed by atoms with Crippen LogP contribution >= 0.6 is 0 Å². The van der Waals surface area contributed by atoms with Crippen molar-refractivity contribution >= 4 is 5.91 Å².